The maximum Gasteiger partial charge on any atom is 0.264 e. The molecule has 0 aromatic heterocycles. The standard InChI is InChI=1S/C35H38FN3O6S/c1-5-37-35(41)31(21-26-9-7-6-8-10-26)38(23-27-13-11-25(2)12-14-27)34(40)24-39(29-17-15-28(36)16-18-29)46(42,43)30-19-20-32(44-3)33(22-30)45-4/h6-20,22,31H,5,21,23-24H2,1-4H3,(H,37,41)/t31-/m0/s1. The molecule has 2 amide bonds. The lowest BCUT2D eigenvalue weighted by atomic mass is 10.0. The minimum absolute atomic E-state index is 0.0431. The third kappa shape index (κ3) is 8.22. The van der Waals surface area contributed by atoms with Crippen LogP contribution in [0.25, 0.3) is 0 Å². The summed E-state index contributed by atoms with van der Waals surface area (Å²) in [4.78, 5) is 29.2. The van der Waals surface area contributed by atoms with Gasteiger partial charge in [-0.2, -0.15) is 0 Å². The predicted octanol–water partition coefficient (Wildman–Crippen LogP) is 5.12. The zero-order valence-electron chi connectivity index (χ0n) is 26.3. The summed E-state index contributed by atoms with van der Waals surface area (Å²) in [5, 5.41) is 2.83. The summed E-state index contributed by atoms with van der Waals surface area (Å²) in [6.07, 6.45) is 0.198. The first-order valence-electron chi connectivity index (χ1n) is 14.7. The lowest BCUT2D eigenvalue weighted by Crippen LogP contribution is -2.53. The highest BCUT2D eigenvalue weighted by molar-refractivity contribution is 7.92. The van der Waals surface area contributed by atoms with Crippen LogP contribution in [0.5, 0.6) is 11.5 Å². The second kappa shape index (κ2) is 15.4. The van der Waals surface area contributed by atoms with Gasteiger partial charge in [0.1, 0.15) is 18.4 Å². The molecule has 242 valence electrons. The van der Waals surface area contributed by atoms with Crippen LogP contribution >= 0.6 is 0 Å². The molecule has 0 aliphatic rings. The van der Waals surface area contributed by atoms with Crippen molar-refractivity contribution in [2.45, 2.75) is 37.8 Å². The van der Waals surface area contributed by atoms with Gasteiger partial charge in [-0.1, -0.05) is 60.2 Å². The molecule has 11 heteroatoms. The van der Waals surface area contributed by atoms with Crippen LogP contribution in [0.2, 0.25) is 0 Å². The average molecular weight is 648 g/mol. The Balaban J connectivity index is 1.81. The number of carbonyl (C=O) groups is 2. The molecule has 1 atom stereocenters. The van der Waals surface area contributed by atoms with Gasteiger partial charge in [-0.3, -0.25) is 13.9 Å². The van der Waals surface area contributed by atoms with E-state index < -0.39 is 34.3 Å². The quantitative estimate of drug-likeness (QED) is 0.204. The Kier molecular flexibility index (Phi) is 11.4. The van der Waals surface area contributed by atoms with Crippen molar-refractivity contribution < 1.29 is 31.9 Å². The van der Waals surface area contributed by atoms with Crippen LogP contribution in [-0.2, 0) is 32.6 Å². The first kappa shape index (κ1) is 34.0. The minimum Gasteiger partial charge on any atom is -0.493 e. The molecule has 0 aliphatic heterocycles. The highest BCUT2D eigenvalue weighted by Crippen LogP contribution is 2.32. The maximum atomic E-state index is 14.4. The van der Waals surface area contributed by atoms with Crippen molar-refractivity contribution in [2.75, 3.05) is 31.6 Å². The number of halogens is 1. The normalized spacial score (nSPS) is 11.8. The van der Waals surface area contributed by atoms with Crippen molar-refractivity contribution in [1.82, 2.24) is 10.2 Å². The Labute approximate surface area is 269 Å². The van der Waals surface area contributed by atoms with Crippen molar-refractivity contribution in [3.8, 4) is 11.5 Å². The van der Waals surface area contributed by atoms with Crippen molar-refractivity contribution in [1.29, 1.82) is 0 Å². The van der Waals surface area contributed by atoms with E-state index in [2.05, 4.69) is 5.32 Å². The molecule has 4 aromatic rings. The number of methoxy groups -OCH3 is 2. The molecule has 0 fully saturated rings. The van der Waals surface area contributed by atoms with Crippen LogP contribution in [0, 0.1) is 12.7 Å². The Bertz CT molecular complexity index is 1730. The molecule has 0 radical (unpaired) electrons. The number of hydrogen-bond acceptors (Lipinski definition) is 6. The molecule has 4 rings (SSSR count). The zero-order chi connectivity index (χ0) is 33.3. The fraction of sp³-hybridized carbons (Fsp3) is 0.257. The van der Waals surface area contributed by atoms with Crippen LogP contribution in [0.4, 0.5) is 10.1 Å². The number of nitrogens with zero attached hydrogens (tertiary/aromatic N) is 2. The third-order valence-corrected chi connectivity index (χ3v) is 9.20. The summed E-state index contributed by atoms with van der Waals surface area (Å²) < 4.78 is 53.9. The summed E-state index contributed by atoms with van der Waals surface area (Å²) in [7, 11) is -1.61. The SMILES string of the molecule is CCNC(=O)[C@H](Cc1ccccc1)N(Cc1ccc(C)cc1)C(=O)CN(c1ccc(F)cc1)S(=O)(=O)c1ccc(OC)c(OC)c1. The van der Waals surface area contributed by atoms with Crippen LogP contribution in [-0.4, -0.2) is 58.5 Å². The molecule has 1 N–H and O–H groups in total. The van der Waals surface area contributed by atoms with Gasteiger partial charge < -0.3 is 19.7 Å². The van der Waals surface area contributed by atoms with Crippen molar-refractivity contribution in [3.05, 3.63) is 120 Å². The largest absolute Gasteiger partial charge is 0.493 e. The molecule has 0 bridgehead atoms. The van der Waals surface area contributed by atoms with Gasteiger partial charge >= 0.3 is 0 Å². The van der Waals surface area contributed by atoms with Crippen molar-refractivity contribution >= 4 is 27.5 Å². The van der Waals surface area contributed by atoms with E-state index in [4.69, 9.17) is 9.47 Å². The van der Waals surface area contributed by atoms with E-state index in [0.717, 1.165) is 33.1 Å². The predicted molar refractivity (Wildman–Crippen MR) is 175 cm³/mol. The number of likely N-dealkylation sites (N-methyl/N-ethyl adjacent to an activating group) is 1. The summed E-state index contributed by atoms with van der Waals surface area (Å²) in [5.74, 6) is -1.07. The van der Waals surface area contributed by atoms with Gasteiger partial charge in [0.05, 0.1) is 24.8 Å². The lowest BCUT2D eigenvalue weighted by molar-refractivity contribution is -0.140. The maximum absolute atomic E-state index is 14.4. The Morgan fingerprint density at radius 2 is 1.50 bits per heavy atom. The van der Waals surface area contributed by atoms with Crippen LogP contribution in [0.15, 0.2) is 102 Å². The van der Waals surface area contributed by atoms with E-state index in [1.165, 1.54) is 49.5 Å². The average Bonchev–Trinajstić information content (AvgIpc) is 3.06. The monoisotopic (exact) mass is 647 g/mol. The molecule has 0 saturated carbocycles. The van der Waals surface area contributed by atoms with Gasteiger partial charge in [-0.25, -0.2) is 12.8 Å². The second-order valence-electron chi connectivity index (χ2n) is 10.6. The van der Waals surface area contributed by atoms with E-state index >= 15 is 0 Å². The van der Waals surface area contributed by atoms with Gasteiger partial charge in [-0.15, -0.1) is 0 Å². The molecular formula is C35H38FN3O6S. The number of hydrogen-bond donors (Lipinski definition) is 1. The summed E-state index contributed by atoms with van der Waals surface area (Å²) in [6.45, 7) is 3.45. The minimum atomic E-state index is -4.42. The Morgan fingerprint density at radius 1 is 0.848 bits per heavy atom. The van der Waals surface area contributed by atoms with Crippen LogP contribution in [0.3, 0.4) is 0 Å². The number of aryl methyl sites for hydroxylation is 1. The van der Waals surface area contributed by atoms with Gasteiger partial charge in [0.25, 0.3) is 10.0 Å². The van der Waals surface area contributed by atoms with Gasteiger partial charge in [0, 0.05) is 25.6 Å². The van der Waals surface area contributed by atoms with Crippen LogP contribution in [0.1, 0.15) is 23.6 Å². The molecule has 0 unspecified atom stereocenters. The van der Waals surface area contributed by atoms with E-state index in [0.29, 0.717) is 12.3 Å². The number of nitrogens with one attached hydrogen (secondary N) is 1. The van der Waals surface area contributed by atoms with Crippen molar-refractivity contribution in [2.24, 2.45) is 0 Å². The number of ether oxygens (including phenoxy) is 2. The number of rotatable bonds is 14. The smallest absolute Gasteiger partial charge is 0.264 e. The molecule has 0 aliphatic carbocycles. The summed E-state index contributed by atoms with van der Waals surface area (Å²) in [6, 6.07) is 24.8. The lowest BCUT2D eigenvalue weighted by Gasteiger charge is -2.34. The number of anilines is 1. The first-order valence-corrected chi connectivity index (χ1v) is 16.2. The third-order valence-electron chi connectivity index (χ3n) is 7.43. The Morgan fingerprint density at radius 3 is 2.11 bits per heavy atom. The molecule has 46 heavy (non-hydrogen) atoms. The molecular weight excluding hydrogens is 609 g/mol. The molecule has 0 heterocycles. The molecule has 4 aromatic carbocycles. The van der Waals surface area contributed by atoms with E-state index in [1.807, 2.05) is 61.5 Å². The molecule has 0 spiro atoms. The fourth-order valence-electron chi connectivity index (χ4n) is 4.98. The van der Waals surface area contributed by atoms with E-state index in [1.54, 1.807) is 6.92 Å². The van der Waals surface area contributed by atoms with Crippen LogP contribution < -0.4 is 19.1 Å². The zero-order valence-corrected chi connectivity index (χ0v) is 27.1. The number of benzene rings is 4. The highest BCUT2D eigenvalue weighted by Gasteiger charge is 2.35. The summed E-state index contributed by atoms with van der Waals surface area (Å²) in [5.41, 5.74) is 2.68. The van der Waals surface area contributed by atoms with Gasteiger partial charge in [0.15, 0.2) is 11.5 Å². The Hall–Kier alpha value is -4.90. The van der Waals surface area contributed by atoms with Gasteiger partial charge in [0.2, 0.25) is 11.8 Å². The van der Waals surface area contributed by atoms with E-state index in [9.17, 15) is 22.4 Å². The summed E-state index contributed by atoms with van der Waals surface area (Å²) >= 11 is 0. The molecule has 0 saturated heterocycles. The highest BCUT2D eigenvalue weighted by atomic mass is 32.2. The second-order valence-corrected chi connectivity index (χ2v) is 12.5. The fourth-order valence-corrected chi connectivity index (χ4v) is 6.41. The van der Waals surface area contributed by atoms with Gasteiger partial charge in [-0.05, 0) is 61.4 Å². The van der Waals surface area contributed by atoms with E-state index in [-0.39, 0.29) is 35.2 Å². The number of sulfonamides is 1. The number of amides is 2. The first-order chi connectivity index (χ1) is 22.1. The number of carbonyl (C=O) groups excluding carboxylic acids is 2. The van der Waals surface area contributed by atoms with Crippen molar-refractivity contribution in [3.63, 3.8) is 0 Å². The topological polar surface area (TPSA) is 105 Å². The molecule has 9 nitrogen and oxygen atoms in total.